The average Bonchev–Trinajstić information content (AvgIpc) is 3.31. The maximum Gasteiger partial charge on any atom is 0.345 e. The third-order valence-corrected chi connectivity index (χ3v) is 7.13. The fourth-order valence-electron chi connectivity index (χ4n) is 4.06. The monoisotopic (exact) mass is 499 g/mol. The fourth-order valence-corrected chi connectivity index (χ4v) is 4.81. The smallest absolute Gasteiger partial charge is 0.345 e. The van der Waals surface area contributed by atoms with Gasteiger partial charge in [-0.25, -0.2) is 4.79 Å². The van der Waals surface area contributed by atoms with E-state index < -0.39 is 5.97 Å². The summed E-state index contributed by atoms with van der Waals surface area (Å²) in [4.78, 5) is 29.3. The van der Waals surface area contributed by atoms with Crippen molar-refractivity contribution in [3.8, 4) is 11.1 Å². The highest BCUT2D eigenvalue weighted by molar-refractivity contribution is 7.12. The summed E-state index contributed by atoms with van der Waals surface area (Å²) in [6, 6.07) is 15.5. The third-order valence-electron chi connectivity index (χ3n) is 6.21. The Kier molecular flexibility index (Phi) is 8.36. The molecule has 0 spiro atoms. The van der Waals surface area contributed by atoms with Crippen LogP contribution >= 0.6 is 23.7 Å². The number of likely N-dealkylation sites (N-methyl/N-ethyl adjacent to an activating group) is 1. The van der Waals surface area contributed by atoms with Crippen molar-refractivity contribution >= 4 is 41.3 Å². The van der Waals surface area contributed by atoms with Crippen LogP contribution in [0.5, 0.6) is 0 Å². The number of nitrogens with one attached hydrogen (secondary N) is 1. The molecule has 0 bridgehead atoms. The lowest BCUT2D eigenvalue weighted by Crippen LogP contribution is -2.44. The van der Waals surface area contributed by atoms with Gasteiger partial charge >= 0.3 is 5.97 Å². The Morgan fingerprint density at radius 2 is 1.76 bits per heavy atom. The zero-order chi connectivity index (χ0) is 23.5. The van der Waals surface area contributed by atoms with Crippen LogP contribution < -0.4 is 10.2 Å². The quantitative estimate of drug-likeness (QED) is 0.494. The Morgan fingerprint density at radius 1 is 1.03 bits per heavy atom. The highest BCUT2D eigenvalue weighted by Gasteiger charge is 2.19. The van der Waals surface area contributed by atoms with E-state index in [1.165, 1.54) is 11.3 Å². The number of halogens is 1. The summed E-state index contributed by atoms with van der Waals surface area (Å²) >= 11 is 1.21. The van der Waals surface area contributed by atoms with Gasteiger partial charge in [0, 0.05) is 37.4 Å². The molecule has 34 heavy (non-hydrogen) atoms. The van der Waals surface area contributed by atoms with Crippen LogP contribution in [0.25, 0.3) is 11.1 Å². The molecule has 2 heterocycles. The number of hydrogen-bond acceptors (Lipinski definition) is 5. The van der Waals surface area contributed by atoms with Gasteiger partial charge in [0.05, 0.1) is 6.04 Å². The molecule has 2 N–H and O–H groups in total. The predicted molar refractivity (Wildman–Crippen MR) is 141 cm³/mol. The van der Waals surface area contributed by atoms with Crippen LogP contribution in [0.15, 0.2) is 53.9 Å². The largest absolute Gasteiger partial charge is 0.477 e. The average molecular weight is 500 g/mol. The van der Waals surface area contributed by atoms with Crippen molar-refractivity contribution in [2.75, 3.05) is 38.1 Å². The van der Waals surface area contributed by atoms with E-state index in [2.05, 4.69) is 28.2 Å². The van der Waals surface area contributed by atoms with Gasteiger partial charge in [0.2, 0.25) is 0 Å². The number of aryl methyl sites for hydroxylation is 1. The number of nitrogens with zero attached hydrogens (tertiary/aromatic N) is 2. The number of anilines is 1. The van der Waals surface area contributed by atoms with Crippen molar-refractivity contribution in [2.24, 2.45) is 0 Å². The molecule has 1 saturated heterocycles. The highest BCUT2D eigenvalue weighted by Crippen LogP contribution is 2.28. The molecule has 1 aliphatic rings. The minimum Gasteiger partial charge on any atom is -0.477 e. The van der Waals surface area contributed by atoms with Gasteiger partial charge in [-0.05, 0) is 72.8 Å². The SMILES string of the molecule is Cc1ccc(N2CCN(C)CC2)cc1C(=O)N[C@H](C)c1cccc(-c2csc(C(=O)O)c2)c1.Cl. The van der Waals surface area contributed by atoms with Crippen LogP contribution in [0.4, 0.5) is 5.69 Å². The number of carboxylic acids is 1. The molecule has 0 unspecified atom stereocenters. The number of carboxylic acid groups (broad SMARTS) is 1. The van der Waals surface area contributed by atoms with Crippen molar-refractivity contribution in [2.45, 2.75) is 19.9 Å². The summed E-state index contributed by atoms with van der Waals surface area (Å²) in [5, 5.41) is 14.2. The highest BCUT2D eigenvalue weighted by atomic mass is 35.5. The molecule has 1 atom stereocenters. The second kappa shape index (κ2) is 11.0. The summed E-state index contributed by atoms with van der Waals surface area (Å²) in [6.07, 6.45) is 0. The van der Waals surface area contributed by atoms with Gasteiger partial charge in [0.1, 0.15) is 4.88 Å². The first kappa shape index (κ1) is 25.7. The van der Waals surface area contributed by atoms with E-state index >= 15 is 0 Å². The van der Waals surface area contributed by atoms with Crippen LogP contribution in [-0.2, 0) is 0 Å². The van der Waals surface area contributed by atoms with Gasteiger partial charge in [-0.1, -0.05) is 24.3 Å². The Hall–Kier alpha value is -2.87. The van der Waals surface area contributed by atoms with Crippen molar-refractivity contribution in [1.29, 1.82) is 0 Å². The number of piperazine rings is 1. The number of amides is 1. The second-order valence-electron chi connectivity index (χ2n) is 8.61. The molecule has 0 saturated carbocycles. The van der Waals surface area contributed by atoms with Gasteiger partial charge in [-0.2, -0.15) is 0 Å². The molecule has 0 aliphatic carbocycles. The van der Waals surface area contributed by atoms with E-state index in [1.807, 2.05) is 55.6 Å². The number of thiophene rings is 1. The molecule has 1 aliphatic heterocycles. The molecular weight excluding hydrogens is 470 g/mol. The minimum absolute atomic E-state index is 0. The summed E-state index contributed by atoms with van der Waals surface area (Å²) < 4.78 is 0. The number of hydrogen-bond donors (Lipinski definition) is 2. The molecule has 2 aromatic carbocycles. The Balaban J connectivity index is 0.00000324. The lowest BCUT2D eigenvalue weighted by atomic mass is 10.0. The molecule has 4 rings (SSSR count). The van der Waals surface area contributed by atoms with E-state index in [1.54, 1.807) is 6.07 Å². The molecular formula is C26H30ClN3O3S. The summed E-state index contributed by atoms with van der Waals surface area (Å²) in [5.41, 5.74) is 5.50. The Morgan fingerprint density at radius 3 is 2.44 bits per heavy atom. The van der Waals surface area contributed by atoms with E-state index in [0.717, 1.165) is 54.1 Å². The van der Waals surface area contributed by atoms with Crippen molar-refractivity contribution in [3.63, 3.8) is 0 Å². The van der Waals surface area contributed by atoms with Crippen molar-refractivity contribution in [1.82, 2.24) is 10.2 Å². The van der Waals surface area contributed by atoms with Crippen LogP contribution in [-0.4, -0.2) is 55.1 Å². The maximum absolute atomic E-state index is 13.2. The Bertz CT molecular complexity index is 1170. The summed E-state index contributed by atoms with van der Waals surface area (Å²) in [6.45, 7) is 7.87. The third kappa shape index (κ3) is 5.78. The lowest BCUT2D eigenvalue weighted by molar-refractivity contribution is 0.0702. The van der Waals surface area contributed by atoms with Crippen LogP contribution in [0, 0.1) is 6.92 Å². The molecule has 6 nitrogen and oxygen atoms in total. The number of benzene rings is 2. The topological polar surface area (TPSA) is 72.9 Å². The Labute approximate surface area is 210 Å². The van der Waals surface area contributed by atoms with Gasteiger partial charge in [0.15, 0.2) is 0 Å². The van der Waals surface area contributed by atoms with Crippen molar-refractivity contribution < 1.29 is 14.7 Å². The van der Waals surface area contributed by atoms with E-state index in [4.69, 9.17) is 0 Å². The van der Waals surface area contributed by atoms with E-state index in [-0.39, 0.29) is 24.4 Å². The van der Waals surface area contributed by atoms with Crippen LogP contribution in [0.1, 0.15) is 44.1 Å². The summed E-state index contributed by atoms with van der Waals surface area (Å²) in [7, 11) is 2.13. The molecule has 8 heteroatoms. The molecule has 1 fully saturated rings. The molecule has 1 aromatic heterocycles. The standard InChI is InChI=1S/C26H29N3O3S.ClH/c1-17-7-8-22(29-11-9-28(3)10-12-29)15-23(17)25(30)27-18(2)19-5-4-6-20(13-19)21-14-24(26(31)32)33-16-21;/h4-8,13-16,18H,9-12H2,1-3H3,(H,27,30)(H,31,32);1H/t18-;/m1./s1. The van der Waals surface area contributed by atoms with Gasteiger partial charge in [-0.3, -0.25) is 4.79 Å². The number of aromatic carboxylic acids is 1. The van der Waals surface area contributed by atoms with E-state index in [9.17, 15) is 14.7 Å². The van der Waals surface area contributed by atoms with E-state index in [0.29, 0.717) is 10.4 Å². The number of carbonyl (C=O) groups excluding carboxylic acids is 1. The van der Waals surface area contributed by atoms with Crippen molar-refractivity contribution in [3.05, 3.63) is 75.5 Å². The minimum atomic E-state index is -0.919. The zero-order valence-corrected chi connectivity index (χ0v) is 21.2. The molecule has 3 aromatic rings. The zero-order valence-electron chi connectivity index (χ0n) is 19.6. The van der Waals surface area contributed by atoms with Gasteiger partial charge < -0.3 is 20.2 Å². The molecule has 0 radical (unpaired) electrons. The number of rotatable bonds is 6. The normalized spacial score (nSPS) is 14.9. The first-order valence-corrected chi connectivity index (χ1v) is 12.0. The fraction of sp³-hybridized carbons (Fsp3) is 0.308. The first-order chi connectivity index (χ1) is 15.8. The predicted octanol–water partition coefficient (Wildman–Crippen LogP) is 5.09. The molecule has 1 amide bonds. The lowest BCUT2D eigenvalue weighted by Gasteiger charge is -2.34. The number of carbonyl (C=O) groups is 2. The second-order valence-corrected chi connectivity index (χ2v) is 9.53. The maximum atomic E-state index is 13.2. The summed E-state index contributed by atoms with van der Waals surface area (Å²) in [5.74, 6) is -1.01. The van der Waals surface area contributed by atoms with Crippen LogP contribution in [0.2, 0.25) is 0 Å². The first-order valence-electron chi connectivity index (χ1n) is 11.1. The van der Waals surface area contributed by atoms with Gasteiger partial charge in [-0.15, -0.1) is 23.7 Å². The van der Waals surface area contributed by atoms with Gasteiger partial charge in [0.25, 0.3) is 5.91 Å². The molecule has 180 valence electrons. The van der Waals surface area contributed by atoms with Crippen LogP contribution in [0.3, 0.4) is 0 Å².